The molecule has 5 rings (SSSR count). The van der Waals surface area contributed by atoms with E-state index in [1.165, 1.54) is 19.3 Å². The molecule has 0 aromatic heterocycles. The van der Waals surface area contributed by atoms with Gasteiger partial charge >= 0.3 is 6.03 Å². The Bertz CT molecular complexity index is 1010. The lowest BCUT2D eigenvalue weighted by Gasteiger charge is -2.50. The monoisotopic (exact) mass is 509 g/mol. The van der Waals surface area contributed by atoms with Gasteiger partial charge in [0.1, 0.15) is 0 Å². The minimum atomic E-state index is -0.495. The van der Waals surface area contributed by atoms with Crippen LogP contribution in [0.4, 0.5) is 4.79 Å². The van der Waals surface area contributed by atoms with Crippen molar-refractivity contribution in [2.24, 2.45) is 17.8 Å². The normalized spacial score (nSPS) is 28.5. The van der Waals surface area contributed by atoms with E-state index in [0.29, 0.717) is 38.3 Å². The molecule has 8 heteroatoms. The average Bonchev–Trinajstić information content (AvgIpc) is 3.19. The fourth-order valence-corrected chi connectivity index (χ4v) is 6.66. The molecule has 2 saturated carbocycles. The van der Waals surface area contributed by atoms with Crippen molar-refractivity contribution >= 4 is 17.8 Å². The lowest BCUT2D eigenvalue weighted by Crippen LogP contribution is -2.67. The van der Waals surface area contributed by atoms with E-state index < -0.39 is 6.29 Å². The van der Waals surface area contributed by atoms with Gasteiger partial charge in [-0.3, -0.25) is 19.5 Å². The largest absolute Gasteiger partial charge is 0.353 e. The molecule has 0 radical (unpaired) electrons. The summed E-state index contributed by atoms with van der Waals surface area (Å²) >= 11 is 0. The van der Waals surface area contributed by atoms with Crippen molar-refractivity contribution in [3.8, 4) is 0 Å². The van der Waals surface area contributed by atoms with Gasteiger partial charge in [0, 0.05) is 24.5 Å². The van der Waals surface area contributed by atoms with E-state index >= 15 is 0 Å². The minimum Gasteiger partial charge on any atom is -0.353 e. The third-order valence-electron chi connectivity index (χ3n) is 8.75. The predicted octanol–water partition coefficient (Wildman–Crippen LogP) is 4.14. The lowest BCUT2D eigenvalue weighted by atomic mass is 9.75. The number of carbonyl (C=O) groups is 3. The molecule has 2 saturated heterocycles. The van der Waals surface area contributed by atoms with E-state index in [4.69, 9.17) is 0 Å². The van der Waals surface area contributed by atoms with Crippen LogP contribution < -0.4 is 10.7 Å². The van der Waals surface area contributed by atoms with Crippen molar-refractivity contribution in [3.63, 3.8) is 0 Å². The molecule has 4 atom stereocenters. The molecule has 2 heterocycles. The van der Waals surface area contributed by atoms with Gasteiger partial charge in [-0.2, -0.15) is 5.43 Å². The zero-order valence-corrected chi connectivity index (χ0v) is 22.6. The minimum absolute atomic E-state index is 0.100. The predicted molar refractivity (Wildman–Crippen MR) is 142 cm³/mol. The number of nitrogens with one attached hydrogen (secondary N) is 2. The molecule has 4 unspecified atom stereocenters. The van der Waals surface area contributed by atoms with Crippen molar-refractivity contribution in [1.29, 1.82) is 0 Å². The number of amides is 4. The molecule has 2 N–H and O–H groups in total. The van der Waals surface area contributed by atoms with Gasteiger partial charge < -0.3 is 10.2 Å². The van der Waals surface area contributed by atoms with Crippen molar-refractivity contribution in [1.82, 2.24) is 25.6 Å². The van der Waals surface area contributed by atoms with Crippen LogP contribution in [-0.4, -0.2) is 57.6 Å². The molecule has 4 amide bonds. The number of hydrogen-bond donors (Lipinski definition) is 2. The maximum atomic E-state index is 13.8. The number of carbonyl (C=O) groups excluding carboxylic acids is 3. The van der Waals surface area contributed by atoms with Crippen LogP contribution in [-0.2, 0) is 16.1 Å². The Balaban J connectivity index is 1.35. The molecule has 2 aliphatic carbocycles. The first kappa shape index (κ1) is 26.0. The number of hydrazine groups is 1. The molecule has 2 aliphatic heterocycles. The first-order valence-corrected chi connectivity index (χ1v) is 14.3. The van der Waals surface area contributed by atoms with Crippen LogP contribution in [0.1, 0.15) is 82.8 Å². The molecule has 4 aliphatic rings. The molecule has 37 heavy (non-hydrogen) atoms. The number of nitrogens with zero attached hydrogens (tertiary/aromatic N) is 3. The molecule has 0 bridgehead atoms. The highest BCUT2D eigenvalue weighted by atomic mass is 16.2. The Morgan fingerprint density at radius 2 is 1.89 bits per heavy atom. The van der Waals surface area contributed by atoms with E-state index in [9.17, 15) is 14.4 Å². The summed E-state index contributed by atoms with van der Waals surface area (Å²) < 4.78 is 0. The first-order valence-electron chi connectivity index (χ1n) is 14.3. The highest BCUT2D eigenvalue weighted by Gasteiger charge is 2.55. The molecule has 1 aromatic carbocycles. The summed E-state index contributed by atoms with van der Waals surface area (Å²) in [5, 5.41) is 4.95. The van der Waals surface area contributed by atoms with Gasteiger partial charge in [0.15, 0.2) is 6.29 Å². The zero-order valence-electron chi connectivity index (χ0n) is 22.6. The van der Waals surface area contributed by atoms with Crippen LogP contribution >= 0.6 is 0 Å². The number of rotatable bonds is 7. The molecular formula is C29H43N5O3. The Morgan fingerprint density at radius 3 is 2.62 bits per heavy atom. The van der Waals surface area contributed by atoms with Gasteiger partial charge in [-0.1, -0.05) is 62.9 Å². The average molecular weight is 510 g/mol. The smallest absolute Gasteiger partial charge is 0.337 e. The van der Waals surface area contributed by atoms with E-state index in [2.05, 4.69) is 30.7 Å². The van der Waals surface area contributed by atoms with Crippen LogP contribution in [0, 0.1) is 24.7 Å². The first-order chi connectivity index (χ1) is 17.8. The number of urea groups is 1. The molecule has 0 spiro atoms. The standard InChI is InChI=1S/C29H43N5O3/c1-19(2)14-15-32-27(36)24-13-12-22(26(35)30-23-10-5-4-6-11-23)17-25(24)34-28(32)31-33(29(34)37)18-21-9-7-8-20(3)16-21/h7-9,16,19,22-25,28,31H,4-6,10-15,17-18H2,1-3H3,(H,30,35). The third-order valence-corrected chi connectivity index (χ3v) is 8.75. The summed E-state index contributed by atoms with van der Waals surface area (Å²) in [6.45, 7) is 7.40. The summed E-state index contributed by atoms with van der Waals surface area (Å²) in [5.74, 6) is 0.284. The highest BCUT2D eigenvalue weighted by molar-refractivity contribution is 5.87. The number of fused-ring (bicyclic) bond motifs is 3. The zero-order chi connectivity index (χ0) is 26.1. The van der Waals surface area contributed by atoms with E-state index in [0.717, 1.165) is 30.4 Å². The van der Waals surface area contributed by atoms with Gasteiger partial charge in [-0.15, -0.1) is 0 Å². The Kier molecular flexibility index (Phi) is 7.75. The number of aryl methyl sites for hydroxylation is 1. The summed E-state index contributed by atoms with van der Waals surface area (Å²) in [6, 6.07) is 8.07. The summed E-state index contributed by atoms with van der Waals surface area (Å²) in [4.78, 5) is 44.6. The van der Waals surface area contributed by atoms with E-state index in [1.54, 1.807) is 5.01 Å². The van der Waals surface area contributed by atoms with Crippen molar-refractivity contribution in [2.75, 3.05) is 6.54 Å². The van der Waals surface area contributed by atoms with Crippen LogP contribution in [0.3, 0.4) is 0 Å². The topological polar surface area (TPSA) is 85.0 Å². The van der Waals surface area contributed by atoms with Crippen molar-refractivity contribution in [2.45, 2.75) is 103 Å². The van der Waals surface area contributed by atoms with Crippen molar-refractivity contribution < 1.29 is 14.4 Å². The Labute approximate surface area is 221 Å². The van der Waals surface area contributed by atoms with Gasteiger partial charge in [0.05, 0.1) is 12.5 Å². The number of benzene rings is 1. The van der Waals surface area contributed by atoms with Crippen LogP contribution in [0.15, 0.2) is 24.3 Å². The van der Waals surface area contributed by atoms with Gasteiger partial charge in [-0.25, -0.2) is 4.79 Å². The quantitative estimate of drug-likeness (QED) is 0.579. The Morgan fingerprint density at radius 1 is 1.11 bits per heavy atom. The second-order valence-electron chi connectivity index (χ2n) is 12.0. The summed E-state index contributed by atoms with van der Waals surface area (Å²) in [6.07, 6.45) is 8.00. The number of hydrogen-bond acceptors (Lipinski definition) is 4. The second-order valence-corrected chi connectivity index (χ2v) is 12.0. The fourth-order valence-electron chi connectivity index (χ4n) is 6.66. The third kappa shape index (κ3) is 5.49. The molecule has 8 nitrogen and oxygen atoms in total. The summed E-state index contributed by atoms with van der Waals surface area (Å²) in [5.41, 5.74) is 5.57. The van der Waals surface area contributed by atoms with Crippen LogP contribution in [0.5, 0.6) is 0 Å². The van der Waals surface area contributed by atoms with E-state index in [-0.39, 0.29) is 41.8 Å². The van der Waals surface area contributed by atoms with Gasteiger partial charge in [-0.05, 0) is 56.9 Å². The second kappa shape index (κ2) is 11.0. The molecule has 202 valence electrons. The maximum Gasteiger partial charge on any atom is 0.337 e. The van der Waals surface area contributed by atoms with Crippen LogP contribution in [0.25, 0.3) is 0 Å². The maximum absolute atomic E-state index is 13.8. The summed E-state index contributed by atoms with van der Waals surface area (Å²) in [7, 11) is 0. The highest BCUT2D eigenvalue weighted by Crippen LogP contribution is 2.41. The molecule has 1 aromatic rings. The Hall–Kier alpha value is -2.61. The molecular weight excluding hydrogens is 466 g/mol. The molecule has 4 fully saturated rings. The van der Waals surface area contributed by atoms with E-state index in [1.807, 2.05) is 34.9 Å². The van der Waals surface area contributed by atoms with Gasteiger partial charge in [0.25, 0.3) is 0 Å². The van der Waals surface area contributed by atoms with Crippen molar-refractivity contribution in [3.05, 3.63) is 35.4 Å². The fraction of sp³-hybridized carbons (Fsp3) is 0.690. The SMILES string of the molecule is Cc1cccc(CN2NC3N(CCC(C)C)C(=O)C4CCC(C(=O)NC5CCCCC5)CC4N3C2=O)c1. The van der Waals surface area contributed by atoms with Crippen LogP contribution in [0.2, 0.25) is 0 Å². The lowest BCUT2D eigenvalue weighted by molar-refractivity contribution is -0.159. The van der Waals surface area contributed by atoms with Gasteiger partial charge in [0.2, 0.25) is 11.8 Å².